The SMILES string of the molecule is Cc1ccc(C(N)C(=O)N2CCC(O)C2)cc1. The van der Waals surface area contributed by atoms with E-state index in [4.69, 9.17) is 5.73 Å². The fraction of sp³-hybridized carbons (Fsp3) is 0.462. The van der Waals surface area contributed by atoms with E-state index >= 15 is 0 Å². The molecule has 1 saturated heterocycles. The molecule has 1 aliphatic heterocycles. The van der Waals surface area contributed by atoms with E-state index in [1.807, 2.05) is 31.2 Å². The lowest BCUT2D eigenvalue weighted by molar-refractivity contribution is -0.132. The van der Waals surface area contributed by atoms with Gasteiger partial charge in [0.05, 0.1) is 6.10 Å². The summed E-state index contributed by atoms with van der Waals surface area (Å²) in [5, 5.41) is 9.40. The van der Waals surface area contributed by atoms with E-state index in [1.165, 1.54) is 0 Å². The van der Waals surface area contributed by atoms with Crippen LogP contribution in [0.3, 0.4) is 0 Å². The van der Waals surface area contributed by atoms with E-state index in [-0.39, 0.29) is 5.91 Å². The molecule has 0 bridgehead atoms. The average molecular weight is 234 g/mol. The van der Waals surface area contributed by atoms with Crippen molar-refractivity contribution >= 4 is 5.91 Å². The second kappa shape index (κ2) is 4.85. The highest BCUT2D eigenvalue weighted by molar-refractivity contribution is 5.83. The van der Waals surface area contributed by atoms with Crippen molar-refractivity contribution in [2.45, 2.75) is 25.5 Å². The van der Waals surface area contributed by atoms with E-state index in [0.717, 1.165) is 11.1 Å². The normalized spacial score (nSPS) is 21.6. The van der Waals surface area contributed by atoms with Gasteiger partial charge in [0.1, 0.15) is 6.04 Å². The van der Waals surface area contributed by atoms with Crippen LogP contribution in [-0.2, 0) is 4.79 Å². The van der Waals surface area contributed by atoms with Crippen LogP contribution in [0.15, 0.2) is 24.3 Å². The van der Waals surface area contributed by atoms with Crippen molar-refractivity contribution in [2.75, 3.05) is 13.1 Å². The molecule has 0 aliphatic carbocycles. The van der Waals surface area contributed by atoms with Crippen LogP contribution in [0.25, 0.3) is 0 Å². The molecule has 4 heteroatoms. The fourth-order valence-corrected chi connectivity index (χ4v) is 2.06. The van der Waals surface area contributed by atoms with Crippen LogP contribution in [-0.4, -0.2) is 35.1 Å². The van der Waals surface area contributed by atoms with Gasteiger partial charge < -0.3 is 15.7 Å². The number of hydrogen-bond acceptors (Lipinski definition) is 3. The number of nitrogens with two attached hydrogens (primary N) is 1. The molecule has 2 unspecified atom stereocenters. The van der Waals surface area contributed by atoms with Gasteiger partial charge in [0.2, 0.25) is 5.91 Å². The number of aryl methyl sites for hydroxylation is 1. The minimum Gasteiger partial charge on any atom is -0.391 e. The lowest BCUT2D eigenvalue weighted by Crippen LogP contribution is -2.37. The highest BCUT2D eigenvalue weighted by Crippen LogP contribution is 2.17. The van der Waals surface area contributed by atoms with Crippen molar-refractivity contribution in [3.63, 3.8) is 0 Å². The highest BCUT2D eigenvalue weighted by atomic mass is 16.3. The molecular formula is C13H18N2O2. The number of nitrogens with zero attached hydrogens (tertiary/aromatic N) is 1. The largest absolute Gasteiger partial charge is 0.391 e. The fourth-order valence-electron chi connectivity index (χ4n) is 2.06. The molecule has 0 saturated carbocycles. The summed E-state index contributed by atoms with van der Waals surface area (Å²) in [5.74, 6) is -0.106. The molecule has 1 heterocycles. The van der Waals surface area contributed by atoms with Crippen LogP contribution in [0.2, 0.25) is 0 Å². The van der Waals surface area contributed by atoms with Crippen molar-refractivity contribution in [2.24, 2.45) is 5.73 Å². The number of carbonyl (C=O) groups excluding carboxylic acids is 1. The third kappa shape index (κ3) is 2.65. The monoisotopic (exact) mass is 234 g/mol. The van der Waals surface area contributed by atoms with Crippen molar-refractivity contribution in [1.29, 1.82) is 0 Å². The molecule has 2 rings (SSSR count). The Bertz CT molecular complexity index is 402. The minimum absolute atomic E-state index is 0.106. The standard InChI is InChI=1S/C13H18N2O2/c1-9-2-4-10(5-3-9)12(14)13(17)15-7-6-11(16)8-15/h2-5,11-12,16H,6-8,14H2,1H3. The Morgan fingerprint density at radius 2 is 2.12 bits per heavy atom. The van der Waals surface area contributed by atoms with Gasteiger partial charge in [0, 0.05) is 13.1 Å². The molecule has 1 fully saturated rings. The van der Waals surface area contributed by atoms with E-state index in [2.05, 4.69) is 0 Å². The lowest BCUT2D eigenvalue weighted by atomic mass is 10.1. The maximum Gasteiger partial charge on any atom is 0.244 e. The highest BCUT2D eigenvalue weighted by Gasteiger charge is 2.28. The minimum atomic E-state index is -0.624. The first-order valence-corrected chi connectivity index (χ1v) is 5.87. The van der Waals surface area contributed by atoms with Gasteiger partial charge in [-0.15, -0.1) is 0 Å². The molecule has 3 N–H and O–H groups in total. The van der Waals surface area contributed by atoms with Crippen molar-refractivity contribution in [3.8, 4) is 0 Å². The number of amides is 1. The Kier molecular flexibility index (Phi) is 3.45. The van der Waals surface area contributed by atoms with E-state index in [9.17, 15) is 9.90 Å². The third-order valence-corrected chi connectivity index (χ3v) is 3.18. The van der Waals surface area contributed by atoms with Gasteiger partial charge in [-0.25, -0.2) is 0 Å². The summed E-state index contributed by atoms with van der Waals surface area (Å²) in [6.45, 7) is 2.99. The molecule has 1 aromatic carbocycles. The quantitative estimate of drug-likeness (QED) is 0.787. The molecule has 2 atom stereocenters. The number of likely N-dealkylation sites (tertiary alicyclic amines) is 1. The van der Waals surface area contributed by atoms with E-state index in [0.29, 0.717) is 19.5 Å². The van der Waals surface area contributed by atoms with Crippen molar-refractivity contribution < 1.29 is 9.90 Å². The molecule has 0 spiro atoms. The van der Waals surface area contributed by atoms with E-state index in [1.54, 1.807) is 4.90 Å². The Morgan fingerprint density at radius 1 is 1.47 bits per heavy atom. The molecule has 1 aromatic rings. The smallest absolute Gasteiger partial charge is 0.244 e. The summed E-state index contributed by atoms with van der Waals surface area (Å²) < 4.78 is 0. The van der Waals surface area contributed by atoms with Gasteiger partial charge in [0.15, 0.2) is 0 Å². The number of rotatable bonds is 2. The predicted octanol–water partition coefficient (Wildman–Crippen LogP) is 0.588. The number of carbonyl (C=O) groups is 1. The first kappa shape index (κ1) is 12.1. The number of hydrogen-bond donors (Lipinski definition) is 2. The summed E-state index contributed by atoms with van der Waals surface area (Å²) in [7, 11) is 0. The van der Waals surface area contributed by atoms with Gasteiger partial charge in [-0.2, -0.15) is 0 Å². The van der Waals surface area contributed by atoms with Crippen LogP contribution in [0.1, 0.15) is 23.6 Å². The van der Waals surface area contributed by atoms with Crippen LogP contribution in [0.4, 0.5) is 0 Å². The van der Waals surface area contributed by atoms with Crippen molar-refractivity contribution in [1.82, 2.24) is 4.90 Å². The predicted molar refractivity (Wildman–Crippen MR) is 65.3 cm³/mol. The second-order valence-corrected chi connectivity index (χ2v) is 4.62. The summed E-state index contributed by atoms with van der Waals surface area (Å²) in [6.07, 6.45) is 0.246. The summed E-state index contributed by atoms with van der Waals surface area (Å²) in [5.41, 5.74) is 7.91. The van der Waals surface area contributed by atoms with Crippen LogP contribution in [0.5, 0.6) is 0 Å². The van der Waals surface area contributed by atoms with Crippen LogP contribution in [0, 0.1) is 6.92 Å². The van der Waals surface area contributed by atoms with Crippen LogP contribution >= 0.6 is 0 Å². The molecular weight excluding hydrogens is 216 g/mol. The zero-order chi connectivity index (χ0) is 12.4. The molecule has 92 valence electrons. The Hall–Kier alpha value is -1.39. The van der Waals surface area contributed by atoms with Gasteiger partial charge in [-0.1, -0.05) is 29.8 Å². The molecule has 0 radical (unpaired) electrons. The molecule has 4 nitrogen and oxygen atoms in total. The Labute approximate surface area is 101 Å². The van der Waals surface area contributed by atoms with Gasteiger partial charge >= 0.3 is 0 Å². The third-order valence-electron chi connectivity index (χ3n) is 3.18. The van der Waals surface area contributed by atoms with Crippen molar-refractivity contribution in [3.05, 3.63) is 35.4 Å². The number of β-amino-alcohol motifs (C(OH)–C–C–N with tert-alkyl or cyclic N) is 1. The molecule has 0 aromatic heterocycles. The number of benzene rings is 1. The summed E-state index contributed by atoms with van der Waals surface area (Å²) >= 11 is 0. The number of aliphatic hydroxyl groups excluding tert-OH is 1. The zero-order valence-electron chi connectivity index (χ0n) is 9.97. The first-order valence-electron chi connectivity index (χ1n) is 5.87. The molecule has 17 heavy (non-hydrogen) atoms. The summed E-state index contributed by atoms with van der Waals surface area (Å²) in [6, 6.07) is 7.03. The average Bonchev–Trinajstić information content (AvgIpc) is 2.75. The molecule has 1 aliphatic rings. The second-order valence-electron chi connectivity index (χ2n) is 4.62. The lowest BCUT2D eigenvalue weighted by Gasteiger charge is -2.20. The Morgan fingerprint density at radius 3 is 2.65 bits per heavy atom. The van der Waals surface area contributed by atoms with Gasteiger partial charge in [-0.05, 0) is 18.9 Å². The van der Waals surface area contributed by atoms with Crippen LogP contribution < -0.4 is 5.73 Å². The summed E-state index contributed by atoms with van der Waals surface area (Å²) in [4.78, 5) is 13.7. The molecule has 1 amide bonds. The number of aliphatic hydroxyl groups is 1. The van der Waals surface area contributed by atoms with E-state index < -0.39 is 12.1 Å². The Balaban J connectivity index is 2.06. The van der Waals surface area contributed by atoms with Gasteiger partial charge in [-0.3, -0.25) is 4.79 Å². The first-order chi connectivity index (χ1) is 8.08. The maximum atomic E-state index is 12.1. The topological polar surface area (TPSA) is 66.6 Å². The zero-order valence-corrected chi connectivity index (χ0v) is 9.97. The maximum absolute atomic E-state index is 12.1. The van der Waals surface area contributed by atoms with Gasteiger partial charge in [0.25, 0.3) is 0 Å².